The van der Waals surface area contributed by atoms with Crippen LogP contribution in [-0.4, -0.2) is 40.6 Å². The number of carbonyl (C=O) groups is 1. The molecule has 0 aliphatic carbocycles. The van der Waals surface area contributed by atoms with E-state index < -0.39 is 6.09 Å². The Hall–Kier alpha value is -2.89. The number of hydrogen-bond acceptors (Lipinski definition) is 5. The van der Waals surface area contributed by atoms with E-state index in [9.17, 15) is 4.79 Å². The van der Waals surface area contributed by atoms with Gasteiger partial charge in [0.25, 0.3) is 0 Å². The molecular formula is C20H25NO5. The summed E-state index contributed by atoms with van der Waals surface area (Å²) in [6.45, 7) is 2.49. The number of amides is 1. The van der Waals surface area contributed by atoms with Crippen molar-refractivity contribution in [1.82, 2.24) is 5.32 Å². The Bertz CT molecular complexity index is 715. The molecule has 2 rings (SSSR count). The highest BCUT2D eigenvalue weighted by molar-refractivity contribution is 5.67. The lowest BCUT2D eigenvalue weighted by Gasteiger charge is -2.20. The predicted octanol–water partition coefficient (Wildman–Crippen LogP) is 3.59. The molecule has 0 aromatic heterocycles. The Morgan fingerprint density at radius 1 is 0.923 bits per heavy atom. The zero-order chi connectivity index (χ0) is 18.9. The smallest absolute Gasteiger partial charge is 0.407 e. The van der Waals surface area contributed by atoms with Gasteiger partial charge >= 0.3 is 6.09 Å². The molecule has 26 heavy (non-hydrogen) atoms. The molecule has 1 N–H and O–H groups in total. The second kappa shape index (κ2) is 9.56. The minimum absolute atomic E-state index is 0.0786. The Balaban J connectivity index is 2.33. The Morgan fingerprint density at radius 3 is 2.15 bits per heavy atom. The molecule has 0 heterocycles. The maximum absolute atomic E-state index is 11.7. The number of hydrogen-bond donors (Lipinski definition) is 1. The maximum Gasteiger partial charge on any atom is 0.407 e. The molecule has 6 heteroatoms. The van der Waals surface area contributed by atoms with Gasteiger partial charge in [0.05, 0.1) is 27.9 Å². The minimum atomic E-state index is -0.438. The second-order valence-corrected chi connectivity index (χ2v) is 5.54. The molecule has 0 spiro atoms. The van der Waals surface area contributed by atoms with Gasteiger partial charge in [0.15, 0.2) is 11.5 Å². The molecule has 0 saturated carbocycles. The molecule has 1 atom stereocenters. The third kappa shape index (κ3) is 4.81. The van der Waals surface area contributed by atoms with Crippen molar-refractivity contribution in [1.29, 1.82) is 0 Å². The van der Waals surface area contributed by atoms with Crippen molar-refractivity contribution in [3.8, 4) is 17.2 Å². The van der Waals surface area contributed by atoms with Crippen molar-refractivity contribution < 1.29 is 23.7 Å². The van der Waals surface area contributed by atoms with Crippen molar-refractivity contribution in [2.45, 2.75) is 12.8 Å². The fourth-order valence-electron chi connectivity index (χ4n) is 2.70. The number of methoxy groups -OCH3 is 3. The number of ether oxygens (including phenoxy) is 4. The highest BCUT2D eigenvalue weighted by Crippen LogP contribution is 2.33. The lowest BCUT2D eigenvalue weighted by atomic mass is 9.91. The van der Waals surface area contributed by atoms with Crippen LogP contribution in [0.5, 0.6) is 17.2 Å². The lowest BCUT2D eigenvalue weighted by Crippen LogP contribution is -2.29. The van der Waals surface area contributed by atoms with Gasteiger partial charge in [0.1, 0.15) is 5.75 Å². The van der Waals surface area contributed by atoms with Crippen molar-refractivity contribution in [3.63, 3.8) is 0 Å². The van der Waals surface area contributed by atoms with E-state index in [1.165, 1.54) is 0 Å². The number of rotatable bonds is 8. The van der Waals surface area contributed by atoms with Crippen LogP contribution < -0.4 is 19.5 Å². The summed E-state index contributed by atoms with van der Waals surface area (Å²) in [6.07, 6.45) is -0.438. The van der Waals surface area contributed by atoms with E-state index >= 15 is 0 Å². The van der Waals surface area contributed by atoms with Crippen LogP contribution >= 0.6 is 0 Å². The van der Waals surface area contributed by atoms with Crippen molar-refractivity contribution in [2.75, 3.05) is 34.5 Å². The van der Waals surface area contributed by atoms with E-state index in [0.717, 1.165) is 16.9 Å². The first-order valence-corrected chi connectivity index (χ1v) is 8.39. The largest absolute Gasteiger partial charge is 0.497 e. The van der Waals surface area contributed by atoms with Gasteiger partial charge in [-0.1, -0.05) is 18.2 Å². The van der Waals surface area contributed by atoms with Crippen LogP contribution in [0.1, 0.15) is 24.0 Å². The molecule has 1 amide bonds. The van der Waals surface area contributed by atoms with E-state index in [1.54, 1.807) is 28.3 Å². The van der Waals surface area contributed by atoms with Gasteiger partial charge in [-0.15, -0.1) is 0 Å². The third-order valence-electron chi connectivity index (χ3n) is 4.05. The molecule has 0 radical (unpaired) electrons. The van der Waals surface area contributed by atoms with Crippen molar-refractivity contribution in [3.05, 3.63) is 53.6 Å². The highest BCUT2D eigenvalue weighted by Gasteiger charge is 2.18. The van der Waals surface area contributed by atoms with Crippen LogP contribution in [0.25, 0.3) is 0 Å². The predicted molar refractivity (Wildman–Crippen MR) is 99.4 cm³/mol. The molecule has 0 fully saturated rings. The molecule has 2 aromatic rings. The minimum Gasteiger partial charge on any atom is -0.497 e. The monoisotopic (exact) mass is 359 g/mol. The summed E-state index contributed by atoms with van der Waals surface area (Å²) in [4.78, 5) is 11.7. The van der Waals surface area contributed by atoms with Gasteiger partial charge in [-0.3, -0.25) is 0 Å². The number of benzene rings is 2. The summed E-state index contributed by atoms with van der Waals surface area (Å²) < 4.78 is 20.9. The fraction of sp³-hybridized carbons (Fsp3) is 0.350. The molecule has 0 aliphatic heterocycles. The number of carbonyl (C=O) groups excluding carboxylic acids is 1. The standard InChI is InChI=1S/C20H25NO5/c1-5-26-20(22)21-13-17(14-6-9-16(23-2)10-7-14)15-8-11-18(24-3)19(12-15)25-4/h6-12,17H,5,13H2,1-4H3,(H,21,22). The van der Waals surface area contributed by atoms with E-state index in [0.29, 0.717) is 24.7 Å². The molecule has 0 saturated heterocycles. The first-order valence-electron chi connectivity index (χ1n) is 8.39. The Morgan fingerprint density at radius 2 is 1.58 bits per heavy atom. The van der Waals surface area contributed by atoms with Gasteiger partial charge in [0.2, 0.25) is 0 Å². The van der Waals surface area contributed by atoms with Crippen LogP contribution in [0.15, 0.2) is 42.5 Å². The average molecular weight is 359 g/mol. The summed E-state index contributed by atoms with van der Waals surface area (Å²) in [5.41, 5.74) is 2.03. The maximum atomic E-state index is 11.7. The first-order chi connectivity index (χ1) is 12.6. The van der Waals surface area contributed by atoms with Gasteiger partial charge in [0, 0.05) is 12.5 Å². The van der Waals surface area contributed by atoms with Crippen LogP contribution in [0.2, 0.25) is 0 Å². The van der Waals surface area contributed by atoms with Crippen LogP contribution in [0.4, 0.5) is 4.79 Å². The zero-order valence-corrected chi connectivity index (χ0v) is 15.6. The molecule has 6 nitrogen and oxygen atoms in total. The summed E-state index contributed by atoms with van der Waals surface area (Å²) >= 11 is 0. The van der Waals surface area contributed by atoms with E-state index in [2.05, 4.69) is 5.32 Å². The molecule has 1 unspecified atom stereocenters. The van der Waals surface area contributed by atoms with Gasteiger partial charge in [-0.25, -0.2) is 4.79 Å². The van der Waals surface area contributed by atoms with E-state index in [4.69, 9.17) is 18.9 Å². The Labute approximate surface area is 154 Å². The summed E-state index contributed by atoms with van der Waals surface area (Å²) in [7, 11) is 4.82. The van der Waals surface area contributed by atoms with E-state index in [-0.39, 0.29) is 5.92 Å². The first kappa shape index (κ1) is 19.4. The van der Waals surface area contributed by atoms with Crippen LogP contribution in [0.3, 0.4) is 0 Å². The van der Waals surface area contributed by atoms with Gasteiger partial charge < -0.3 is 24.3 Å². The van der Waals surface area contributed by atoms with Crippen LogP contribution in [0, 0.1) is 0 Å². The topological polar surface area (TPSA) is 66.0 Å². The van der Waals surface area contributed by atoms with Gasteiger partial charge in [-0.05, 0) is 42.3 Å². The zero-order valence-electron chi connectivity index (χ0n) is 15.6. The summed E-state index contributed by atoms with van der Waals surface area (Å²) in [6, 6.07) is 13.5. The number of nitrogens with one attached hydrogen (secondary N) is 1. The third-order valence-corrected chi connectivity index (χ3v) is 4.05. The Kier molecular flexibility index (Phi) is 7.14. The summed E-state index contributed by atoms with van der Waals surface area (Å²) in [5.74, 6) is 1.99. The highest BCUT2D eigenvalue weighted by atomic mass is 16.5. The quantitative estimate of drug-likeness (QED) is 0.780. The van der Waals surface area contributed by atoms with Gasteiger partial charge in [-0.2, -0.15) is 0 Å². The lowest BCUT2D eigenvalue weighted by molar-refractivity contribution is 0.152. The van der Waals surface area contributed by atoms with Crippen molar-refractivity contribution >= 4 is 6.09 Å². The van der Waals surface area contributed by atoms with Crippen LogP contribution in [-0.2, 0) is 4.74 Å². The molecular weight excluding hydrogens is 334 g/mol. The molecule has 2 aromatic carbocycles. The summed E-state index contributed by atoms with van der Waals surface area (Å²) in [5, 5.41) is 2.81. The fourth-order valence-corrected chi connectivity index (χ4v) is 2.70. The van der Waals surface area contributed by atoms with Crippen molar-refractivity contribution in [2.24, 2.45) is 0 Å². The number of alkyl carbamates (subject to hydrolysis) is 1. The SMILES string of the molecule is CCOC(=O)NCC(c1ccc(OC)cc1)c1ccc(OC)c(OC)c1. The normalized spacial score (nSPS) is 11.4. The average Bonchev–Trinajstić information content (AvgIpc) is 2.68. The van der Waals surface area contributed by atoms with E-state index in [1.807, 2.05) is 42.5 Å². The second-order valence-electron chi connectivity index (χ2n) is 5.54. The molecule has 140 valence electrons. The molecule has 0 bridgehead atoms. The molecule has 0 aliphatic rings.